The van der Waals surface area contributed by atoms with Crippen molar-refractivity contribution in [3.8, 4) is 11.5 Å². The molecule has 0 aliphatic carbocycles. The van der Waals surface area contributed by atoms with Gasteiger partial charge in [0.15, 0.2) is 0 Å². The summed E-state index contributed by atoms with van der Waals surface area (Å²) in [7, 11) is 1.63. The summed E-state index contributed by atoms with van der Waals surface area (Å²) in [5.41, 5.74) is 4.46. The Labute approximate surface area is 149 Å². The van der Waals surface area contributed by atoms with Gasteiger partial charge in [0.2, 0.25) is 0 Å². The Balaban J connectivity index is 1.71. The van der Waals surface area contributed by atoms with E-state index in [9.17, 15) is 4.79 Å². The Kier molecular flexibility index (Phi) is 6.69. The van der Waals surface area contributed by atoms with Crippen LogP contribution in [0.15, 0.2) is 36.4 Å². The molecule has 0 atom stereocenters. The predicted octanol–water partition coefficient (Wildman–Crippen LogP) is 3.50. The topological polar surface area (TPSA) is 59.6 Å². The van der Waals surface area contributed by atoms with Crippen LogP contribution in [0.4, 0.5) is 4.79 Å². The third-order valence-electron chi connectivity index (χ3n) is 4.12. The minimum atomic E-state index is -0.211. The SMILES string of the molecule is COc1ccc(CNC(=O)NCCOc2c(C)ccc(C)c2C)cc1. The molecule has 0 aliphatic heterocycles. The highest BCUT2D eigenvalue weighted by Gasteiger charge is 2.06. The summed E-state index contributed by atoms with van der Waals surface area (Å²) in [4.78, 5) is 11.8. The fraction of sp³-hybridized carbons (Fsp3) is 0.350. The number of benzene rings is 2. The van der Waals surface area contributed by atoms with E-state index in [1.54, 1.807) is 7.11 Å². The number of hydrogen-bond acceptors (Lipinski definition) is 3. The zero-order chi connectivity index (χ0) is 18.2. The number of aryl methyl sites for hydroxylation is 2. The molecule has 5 heteroatoms. The van der Waals surface area contributed by atoms with Crippen LogP contribution in [0.25, 0.3) is 0 Å². The molecule has 0 aliphatic rings. The van der Waals surface area contributed by atoms with Gasteiger partial charge in [-0.2, -0.15) is 0 Å². The van der Waals surface area contributed by atoms with Crippen LogP contribution >= 0.6 is 0 Å². The van der Waals surface area contributed by atoms with Gasteiger partial charge in [0.25, 0.3) is 0 Å². The van der Waals surface area contributed by atoms with Gasteiger partial charge in [-0.3, -0.25) is 0 Å². The highest BCUT2D eigenvalue weighted by Crippen LogP contribution is 2.25. The molecule has 2 N–H and O–H groups in total. The number of hydrogen-bond donors (Lipinski definition) is 2. The van der Waals surface area contributed by atoms with Crippen LogP contribution in [0.3, 0.4) is 0 Å². The van der Waals surface area contributed by atoms with Gasteiger partial charge in [0.1, 0.15) is 18.1 Å². The Morgan fingerprint density at radius 3 is 2.32 bits per heavy atom. The van der Waals surface area contributed by atoms with Crippen molar-refractivity contribution in [2.24, 2.45) is 0 Å². The zero-order valence-electron chi connectivity index (χ0n) is 15.3. The lowest BCUT2D eigenvalue weighted by Crippen LogP contribution is -2.37. The molecule has 134 valence electrons. The molecular weight excluding hydrogens is 316 g/mol. The van der Waals surface area contributed by atoms with Gasteiger partial charge in [-0.1, -0.05) is 24.3 Å². The Morgan fingerprint density at radius 2 is 1.64 bits per heavy atom. The molecule has 2 aromatic carbocycles. The summed E-state index contributed by atoms with van der Waals surface area (Å²) in [5.74, 6) is 1.70. The Morgan fingerprint density at radius 1 is 0.960 bits per heavy atom. The van der Waals surface area contributed by atoms with E-state index < -0.39 is 0 Å². The Bertz CT molecular complexity index is 712. The van der Waals surface area contributed by atoms with E-state index in [0.29, 0.717) is 19.7 Å². The molecule has 0 aromatic heterocycles. The second-order valence-corrected chi connectivity index (χ2v) is 5.96. The first-order valence-electron chi connectivity index (χ1n) is 8.35. The number of carbonyl (C=O) groups is 1. The van der Waals surface area contributed by atoms with Crippen LogP contribution in [0.5, 0.6) is 11.5 Å². The van der Waals surface area contributed by atoms with Gasteiger partial charge in [0.05, 0.1) is 13.7 Å². The number of methoxy groups -OCH3 is 1. The van der Waals surface area contributed by atoms with Crippen molar-refractivity contribution >= 4 is 6.03 Å². The molecule has 0 fully saturated rings. The molecular formula is C20H26N2O3. The van der Waals surface area contributed by atoms with E-state index >= 15 is 0 Å². The van der Waals surface area contributed by atoms with Crippen LogP contribution < -0.4 is 20.1 Å². The van der Waals surface area contributed by atoms with E-state index in [1.807, 2.05) is 44.2 Å². The van der Waals surface area contributed by atoms with Crippen molar-refractivity contribution < 1.29 is 14.3 Å². The third kappa shape index (κ3) is 5.41. The highest BCUT2D eigenvalue weighted by molar-refractivity contribution is 5.73. The minimum absolute atomic E-state index is 0.211. The van der Waals surface area contributed by atoms with Crippen molar-refractivity contribution in [2.45, 2.75) is 27.3 Å². The number of amides is 2. The van der Waals surface area contributed by atoms with Crippen LogP contribution in [-0.4, -0.2) is 26.3 Å². The molecule has 2 aromatic rings. The second-order valence-electron chi connectivity index (χ2n) is 5.96. The average molecular weight is 342 g/mol. The number of nitrogens with one attached hydrogen (secondary N) is 2. The first-order valence-corrected chi connectivity index (χ1v) is 8.35. The second kappa shape index (κ2) is 8.97. The molecule has 0 saturated carbocycles. The summed E-state index contributed by atoms with van der Waals surface area (Å²) in [6.45, 7) is 7.48. The number of ether oxygens (including phenoxy) is 2. The van der Waals surface area contributed by atoms with Gasteiger partial charge >= 0.3 is 6.03 Å². The normalized spacial score (nSPS) is 10.2. The smallest absolute Gasteiger partial charge is 0.315 e. The van der Waals surface area contributed by atoms with Gasteiger partial charge in [-0.15, -0.1) is 0 Å². The number of carbonyl (C=O) groups excluding carboxylic acids is 1. The molecule has 0 radical (unpaired) electrons. The van der Waals surface area contributed by atoms with Crippen molar-refractivity contribution in [3.63, 3.8) is 0 Å². The maximum atomic E-state index is 11.8. The van der Waals surface area contributed by atoms with Crippen molar-refractivity contribution in [1.29, 1.82) is 0 Å². The lowest BCUT2D eigenvalue weighted by molar-refractivity contribution is 0.236. The lowest BCUT2D eigenvalue weighted by atomic mass is 10.1. The fourth-order valence-corrected chi connectivity index (χ4v) is 2.45. The van der Waals surface area contributed by atoms with E-state index in [4.69, 9.17) is 9.47 Å². The van der Waals surface area contributed by atoms with Crippen LogP contribution in [0, 0.1) is 20.8 Å². The van der Waals surface area contributed by atoms with E-state index in [0.717, 1.165) is 28.2 Å². The Hall–Kier alpha value is -2.69. The average Bonchev–Trinajstić information content (AvgIpc) is 2.63. The van der Waals surface area contributed by atoms with Gasteiger partial charge in [-0.25, -0.2) is 4.79 Å². The molecule has 0 unspecified atom stereocenters. The van der Waals surface area contributed by atoms with Gasteiger partial charge in [-0.05, 0) is 55.2 Å². The minimum Gasteiger partial charge on any atom is -0.497 e. The van der Waals surface area contributed by atoms with Crippen LogP contribution in [-0.2, 0) is 6.54 Å². The predicted molar refractivity (Wildman–Crippen MR) is 99.4 cm³/mol. The number of rotatable bonds is 7. The molecule has 2 rings (SSSR count). The maximum absolute atomic E-state index is 11.8. The van der Waals surface area contributed by atoms with Gasteiger partial charge < -0.3 is 20.1 Å². The maximum Gasteiger partial charge on any atom is 0.315 e. The van der Waals surface area contributed by atoms with E-state index in [-0.39, 0.29) is 6.03 Å². The van der Waals surface area contributed by atoms with Crippen molar-refractivity contribution in [2.75, 3.05) is 20.3 Å². The molecule has 0 saturated heterocycles. The third-order valence-corrected chi connectivity index (χ3v) is 4.12. The van der Waals surface area contributed by atoms with Crippen LogP contribution in [0.1, 0.15) is 22.3 Å². The van der Waals surface area contributed by atoms with E-state index in [1.165, 1.54) is 5.56 Å². The molecule has 0 bridgehead atoms. The first kappa shape index (κ1) is 18.6. The fourth-order valence-electron chi connectivity index (χ4n) is 2.45. The molecule has 25 heavy (non-hydrogen) atoms. The molecule has 0 spiro atoms. The number of urea groups is 1. The molecule has 2 amide bonds. The van der Waals surface area contributed by atoms with Gasteiger partial charge in [0, 0.05) is 6.54 Å². The van der Waals surface area contributed by atoms with Crippen molar-refractivity contribution in [3.05, 3.63) is 58.7 Å². The summed E-state index contributed by atoms with van der Waals surface area (Å²) < 4.78 is 10.9. The quantitative estimate of drug-likeness (QED) is 0.757. The lowest BCUT2D eigenvalue weighted by Gasteiger charge is -2.14. The van der Waals surface area contributed by atoms with E-state index in [2.05, 4.69) is 23.6 Å². The summed E-state index contributed by atoms with van der Waals surface area (Å²) in [6, 6.07) is 11.5. The largest absolute Gasteiger partial charge is 0.497 e. The highest BCUT2D eigenvalue weighted by atomic mass is 16.5. The zero-order valence-corrected chi connectivity index (χ0v) is 15.3. The summed E-state index contributed by atoms with van der Waals surface area (Å²) in [5, 5.41) is 5.62. The molecule has 0 heterocycles. The van der Waals surface area contributed by atoms with Crippen LogP contribution in [0.2, 0.25) is 0 Å². The monoisotopic (exact) mass is 342 g/mol. The standard InChI is InChI=1S/C20H26N2O3/c1-14-5-6-15(2)19(16(14)3)25-12-11-21-20(23)22-13-17-7-9-18(24-4)10-8-17/h5-10H,11-13H2,1-4H3,(H2,21,22,23). The summed E-state index contributed by atoms with van der Waals surface area (Å²) in [6.07, 6.45) is 0. The van der Waals surface area contributed by atoms with Crippen molar-refractivity contribution in [1.82, 2.24) is 10.6 Å². The molecule has 5 nitrogen and oxygen atoms in total. The summed E-state index contributed by atoms with van der Waals surface area (Å²) >= 11 is 0. The first-order chi connectivity index (χ1) is 12.0.